The van der Waals surface area contributed by atoms with E-state index in [4.69, 9.17) is 0 Å². The van der Waals surface area contributed by atoms with Gasteiger partial charge in [-0.25, -0.2) is 0 Å². The van der Waals surface area contributed by atoms with Crippen LogP contribution in [0.3, 0.4) is 0 Å². The van der Waals surface area contributed by atoms with E-state index in [0.29, 0.717) is 0 Å². The molecule has 0 aliphatic heterocycles. The molecule has 1 heteroatoms. The molecular formula is C18H22O. The fourth-order valence-corrected chi connectivity index (χ4v) is 2.40. The highest BCUT2D eigenvalue weighted by Gasteiger charge is 2.17. The van der Waals surface area contributed by atoms with Crippen molar-refractivity contribution in [1.82, 2.24) is 0 Å². The summed E-state index contributed by atoms with van der Waals surface area (Å²) in [7, 11) is 0. The number of aryl methyl sites for hydroxylation is 1. The lowest BCUT2D eigenvalue weighted by Gasteiger charge is -2.20. The van der Waals surface area contributed by atoms with Crippen molar-refractivity contribution >= 4 is 0 Å². The van der Waals surface area contributed by atoms with Crippen molar-refractivity contribution in [3.05, 3.63) is 71.3 Å². The lowest BCUT2D eigenvalue weighted by molar-refractivity contribution is 0.151. The fraction of sp³-hybridized carbons (Fsp3) is 0.333. The summed E-state index contributed by atoms with van der Waals surface area (Å²) in [5, 5.41) is 10.5. The van der Waals surface area contributed by atoms with Crippen LogP contribution < -0.4 is 0 Å². The number of benzene rings is 2. The van der Waals surface area contributed by atoms with Crippen molar-refractivity contribution in [2.45, 2.75) is 38.7 Å². The van der Waals surface area contributed by atoms with Gasteiger partial charge in [0.05, 0.1) is 6.10 Å². The highest BCUT2D eigenvalue weighted by Crippen LogP contribution is 2.30. The van der Waals surface area contributed by atoms with Gasteiger partial charge in [-0.05, 0) is 23.1 Å². The minimum absolute atomic E-state index is 0.109. The Balaban J connectivity index is 2.12. The van der Waals surface area contributed by atoms with E-state index in [-0.39, 0.29) is 5.92 Å². The Morgan fingerprint density at radius 2 is 1.53 bits per heavy atom. The molecule has 0 aliphatic carbocycles. The van der Waals surface area contributed by atoms with Crippen molar-refractivity contribution in [2.24, 2.45) is 0 Å². The molecule has 0 amide bonds. The molecule has 0 fully saturated rings. The largest absolute Gasteiger partial charge is 0.388 e. The highest BCUT2D eigenvalue weighted by atomic mass is 16.3. The molecule has 2 aromatic carbocycles. The van der Waals surface area contributed by atoms with Gasteiger partial charge in [-0.2, -0.15) is 0 Å². The second-order valence-corrected chi connectivity index (χ2v) is 5.14. The van der Waals surface area contributed by atoms with E-state index in [2.05, 4.69) is 50.2 Å². The smallest absolute Gasteiger partial charge is 0.0855 e. The topological polar surface area (TPSA) is 20.2 Å². The Morgan fingerprint density at radius 3 is 2.11 bits per heavy atom. The Labute approximate surface area is 115 Å². The fourth-order valence-electron chi connectivity index (χ4n) is 2.40. The van der Waals surface area contributed by atoms with Crippen LogP contribution in [0.2, 0.25) is 0 Å². The molecule has 0 radical (unpaired) electrons. The van der Waals surface area contributed by atoms with E-state index in [9.17, 15) is 5.11 Å². The Hall–Kier alpha value is -1.60. The van der Waals surface area contributed by atoms with E-state index < -0.39 is 6.10 Å². The quantitative estimate of drug-likeness (QED) is 0.834. The highest BCUT2D eigenvalue weighted by molar-refractivity contribution is 5.28. The zero-order valence-electron chi connectivity index (χ0n) is 11.7. The Morgan fingerprint density at radius 1 is 0.895 bits per heavy atom. The van der Waals surface area contributed by atoms with Crippen molar-refractivity contribution < 1.29 is 5.11 Å². The molecule has 0 saturated carbocycles. The number of hydrogen-bond acceptors (Lipinski definition) is 1. The first-order chi connectivity index (χ1) is 9.22. The summed E-state index contributed by atoms with van der Waals surface area (Å²) in [5.41, 5.74) is 3.51. The summed E-state index contributed by atoms with van der Waals surface area (Å²) in [6.07, 6.45) is 1.81. The van der Waals surface area contributed by atoms with Crippen LogP contribution >= 0.6 is 0 Å². The number of aliphatic hydroxyl groups excluding tert-OH is 1. The molecule has 2 aromatic rings. The van der Waals surface area contributed by atoms with E-state index >= 15 is 0 Å². The zero-order valence-corrected chi connectivity index (χ0v) is 11.7. The lowest BCUT2D eigenvalue weighted by Crippen LogP contribution is -2.07. The van der Waals surface area contributed by atoms with Gasteiger partial charge in [0.25, 0.3) is 0 Å². The van der Waals surface area contributed by atoms with Crippen molar-refractivity contribution in [2.75, 3.05) is 0 Å². The summed E-state index contributed by atoms with van der Waals surface area (Å²) in [6.45, 7) is 4.25. The van der Waals surface area contributed by atoms with Crippen LogP contribution in [-0.2, 0) is 6.42 Å². The normalized spacial score (nSPS) is 14.1. The van der Waals surface area contributed by atoms with Crippen molar-refractivity contribution in [3.8, 4) is 0 Å². The first-order valence-electron chi connectivity index (χ1n) is 7.04. The van der Waals surface area contributed by atoms with Crippen LogP contribution in [0, 0.1) is 0 Å². The standard InChI is InChI=1S/C18H22O/c1-3-7-15-10-12-17(13-11-15)18(19)14(2)16-8-5-4-6-9-16/h4-6,8-14,18-19H,3,7H2,1-2H3. The van der Waals surface area contributed by atoms with Gasteiger partial charge in [0.2, 0.25) is 0 Å². The van der Waals surface area contributed by atoms with E-state index in [1.165, 1.54) is 11.1 Å². The van der Waals surface area contributed by atoms with Crippen LogP contribution in [0.4, 0.5) is 0 Å². The van der Waals surface area contributed by atoms with E-state index in [0.717, 1.165) is 18.4 Å². The van der Waals surface area contributed by atoms with Crippen molar-refractivity contribution in [3.63, 3.8) is 0 Å². The van der Waals surface area contributed by atoms with Crippen molar-refractivity contribution in [1.29, 1.82) is 0 Å². The van der Waals surface area contributed by atoms with Gasteiger partial charge >= 0.3 is 0 Å². The van der Waals surface area contributed by atoms with Crippen LogP contribution in [0.1, 0.15) is 49.0 Å². The molecule has 0 aromatic heterocycles. The first-order valence-corrected chi connectivity index (χ1v) is 7.04. The molecule has 100 valence electrons. The lowest BCUT2D eigenvalue weighted by atomic mass is 9.90. The van der Waals surface area contributed by atoms with Crippen LogP contribution in [0.5, 0.6) is 0 Å². The molecule has 0 aliphatic rings. The zero-order chi connectivity index (χ0) is 13.7. The van der Waals surface area contributed by atoms with Crippen LogP contribution in [0.15, 0.2) is 54.6 Å². The average Bonchev–Trinajstić information content (AvgIpc) is 2.48. The minimum Gasteiger partial charge on any atom is -0.388 e. The third-order valence-corrected chi connectivity index (χ3v) is 3.66. The average molecular weight is 254 g/mol. The maximum absolute atomic E-state index is 10.5. The van der Waals surface area contributed by atoms with Gasteiger partial charge in [-0.3, -0.25) is 0 Å². The molecule has 19 heavy (non-hydrogen) atoms. The molecule has 2 rings (SSSR count). The third-order valence-electron chi connectivity index (χ3n) is 3.66. The molecule has 0 heterocycles. The predicted molar refractivity (Wildman–Crippen MR) is 80.3 cm³/mol. The SMILES string of the molecule is CCCc1ccc(C(O)C(C)c2ccccc2)cc1. The maximum atomic E-state index is 10.5. The second kappa shape index (κ2) is 6.53. The molecule has 2 unspecified atom stereocenters. The summed E-state index contributed by atoms with van der Waals surface area (Å²) in [6, 6.07) is 18.5. The summed E-state index contributed by atoms with van der Waals surface area (Å²) in [5.74, 6) is 0.109. The van der Waals surface area contributed by atoms with E-state index in [1.807, 2.05) is 18.2 Å². The van der Waals surface area contributed by atoms with Gasteiger partial charge in [-0.1, -0.05) is 74.9 Å². The maximum Gasteiger partial charge on any atom is 0.0855 e. The molecular weight excluding hydrogens is 232 g/mol. The summed E-state index contributed by atoms with van der Waals surface area (Å²) in [4.78, 5) is 0. The van der Waals surface area contributed by atoms with E-state index in [1.54, 1.807) is 0 Å². The first kappa shape index (κ1) is 13.8. The molecule has 2 atom stereocenters. The van der Waals surface area contributed by atoms with Crippen LogP contribution in [-0.4, -0.2) is 5.11 Å². The molecule has 0 bridgehead atoms. The van der Waals surface area contributed by atoms with Crippen LogP contribution in [0.25, 0.3) is 0 Å². The Kier molecular flexibility index (Phi) is 4.75. The van der Waals surface area contributed by atoms with Gasteiger partial charge < -0.3 is 5.11 Å². The van der Waals surface area contributed by atoms with Gasteiger partial charge in [0.1, 0.15) is 0 Å². The summed E-state index contributed by atoms with van der Waals surface area (Å²) >= 11 is 0. The number of hydrogen-bond donors (Lipinski definition) is 1. The van der Waals surface area contributed by atoms with Gasteiger partial charge in [-0.15, -0.1) is 0 Å². The number of rotatable bonds is 5. The monoisotopic (exact) mass is 254 g/mol. The minimum atomic E-state index is -0.446. The third kappa shape index (κ3) is 3.45. The number of aliphatic hydroxyl groups is 1. The molecule has 1 N–H and O–H groups in total. The molecule has 0 saturated heterocycles. The van der Waals surface area contributed by atoms with Gasteiger partial charge in [0.15, 0.2) is 0 Å². The predicted octanol–water partition coefficient (Wildman–Crippen LogP) is 4.48. The molecule has 1 nitrogen and oxygen atoms in total. The summed E-state index contributed by atoms with van der Waals surface area (Å²) < 4.78 is 0. The second-order valence-electron chi connectivity index (χ2n) is 5.14. The Bertz CT molecular complexity index is 487. The molecule has 0 spiro atoms. The van der Waals surface area contributed by atoms with Gasteiger partial charge in [0, 0.05) is 5.92 Å².